The SMILES string of the molecule is CC(C)(C)OC(=O)c1cc2c(P(c3ccccc3)c3ccccc3)cc1CCc1ccc(cc1P(c1ccccc1)c1ccccc1)CC2. The molecule has 10 rings (SSSR count). The normalized spacial score (nSPS) is 12.9. The Balaban J connectivity index is 1.39. The fraction of sp³-hybridized carbons (Fsp3) is 0.178. The van der Waals surface area contributed by atoms with Gasteiger partial charge in [-0.3, -0.25) is 0 Å². The molecule has 0 saturated heterocycles. The van der Waals surface area contributed by atoms with E-state index >= 15 is 0 Å². The summed E-state index contributed by atoms with van der Waals surface area (Å²) in [6.07, 6.45) is 3.29. The second-order valence-corrected chi connectivity index (χ2v) is 18.0. The van der Waals surface area contributed by atoms with Crippen molar-refractivity contribution < 1.29 is 9.53 Å². The van der Waals surface area contributed by atoms with Crippen LogP contribution in [-0.2, 0) is 30.4 Å². The van der Waals surface area contributed by atoms with Crippen molar-refractivity contribution in [2.24, 2.45) is 0 Å². The van der Waals surface area contributed by atoms with Crippen LogP contribution in [0.4, 0.5) is 0 Å². The van der Waals surface area contributed by atoms with Gasteiger partial charge >= 0.3 is 5.97 Å². The van der Waals surface area contributed by atoms with Gasteiger partial charge in [0.15, 0.2) is 0 Å². The molecule has 244 valence electrons. The van der Waals surface area contributed by atoms with Crippen molar-refractivity contribution in [3.8, 4) is 0 Å². The standard InChI is InChI=1S/C45H42O2P2/c1-45(2,3)47-44(46)41-31-36-27-25-33-24-26-34(42(30-33)48(37-16-8-4-9-17-37)38-18-10-5-11-19-38)28-29-35(41)32-43(36)49(39-20-12-6-13-21-39)40-22-14-7-15-23-40/h4-24,26,30-32H,25,27-29H2,1-3H3. The van der Waals surface area contributed by atoms with E-state index in [9.17, 15) is 4.79 Å². The van der Waals surface area contributed by atoms with Crippen molar-refractivity contribution in [2.75, 3.05) is 0 Å². The van der Waals surface area contributed by atoms with Gasteiger partial charge in [-0.05, 0) is 129 Å². The molecule has 6 aromatic carbocycles. The first-order valence-electron chi connectivity index (χ1n) is 17.2. The van der Waals surface area contributed by atoms with Gasteiger partial charge in [0.25, 0.3) is 0 Å². The maximum atomic E-state index is 14.0. The molecule has 4 bridgehead atoms. The van der Waals surface area contributed by atoms with Gasteiger partial charge in [0.1, 0.15) is 5.60 Å². The molecule has 6 aromatic rings. The molecule has 0 N–H and O–H groups in total. The van der Waals surface area contributed by atoms with E-state index in [0.29, 0.717) is 5.56 Å². The Bertz CT molecular complexity index is 1960. The van der Waals surface area contributed by atoms with E-state index in [0.717, 1.165) is 31.2 Å². The minimum absolute atomic E-state index is 0.235. The Kier molecular flexibility index (Phi) is 9.91. The van der Waals surface area contributed by atoms with Gasteiger partial charge in [0.2, 0.25) is 0 Å². The van der Waals surface area contributed by atoms with E-state index in [1.807, 2.05) is 20.8 Å². The molecule has 0 aromatic heterocycles. The van der Waals surface area contributed by atoms with Gasteiger partial charge in [0, 0.05) is 0 Å². The van der Waals surface area contributed by atoms with Crippen LogP contribution < -0.4 is 31.8 Å². The first-order chi connectivity index (χ1) is 23.8. The third-order valence-electron chi connectivity index (χ3n) is 8.96. The second kappa shape index (κ2) is 14.6. The number of benzene rings is 6. The average molecular weight is 677 g/mol. The van der Waals surface area contributed by atoms with Gasteiger partial charge in [0.05, 0.1) is 5.56 Å². The number of aryl methyl sites for hydroxylation is 4. The summed E-state index contributed by atoms with van der Waals surface area (Å²) in [6.45, 7) is 5.85. The predicted octanol–water partition coefficient (Wildman–Crippen LogP) is 8.04. The van der Waals surface area contributed by atoms with Crippen molar-refractivity contribution in [3.63, 3.8) is 0 Å². The first kappa shape index (κ1) is 33.2. The zero-order valence-corrected chi connectivity index (χ0v) is 30.3. The average Bonchev–Trinajstić information content (AvgIpc) is 3.11. The summed E-state index contributed by atoms with van der Waals surface area (Å²) in [5.41, 5.74) is 5.08. The van der Waals surface area contributed by atoms with Crippen molar-refractivity contribution in [1.82, 2.24) is 0 Å². The number of rotatable bonds is 7. The molecular formula is C45H42O2P2. The van der Waals surface area contributed by atoms with Crippen LogP contribution >= 0.6 is 15.8 Å². The fourth-order valence-corrected chi connectivity index (χ4v) is 11.8. The molecule has 4 aliphatic rings. The highest BCUT2D eigenvalue weighted by atomic mass is 31.1. The number of hydrogen-bond acceptors (Lipinski definition) is 2. The van der Waals surface area contributed by atoms with Crippen LogP contribution in [0.15, 0.2) is 152 Å². The Labute approximate surface area is 293 Å². The summed E-state index contributed by atoms with van der Waals surface area (Å²) in [7, 11) is -1.60. The summed E-state index contributed by atoms with van der Waals surface area (Å²) >= 11 is 0. The molecule has 0 atom stereocenters. The summed E-state index contributed by atoms with van der Waals surface area (Å²) in [4.78, 5) is 14.0. The topological polar surface area (TPSA) is 26.3 Å². The molecule has 0 unspecified atom stereocenters. The molecule has 2 nitrogen and oxygen atoms in total. The van der Waals surface area contributed by atoms with Crippen molar-refractivity contribution in [3.05, 3.63) is 179 Å². The van der Waals surface area contributed by atoms with E-state index in [1.54, 1.807) is 0 Å². The van der Waals surface area contributed by atoms with E-state index in [2.05, 4.69) is 152 Å². The molecular weight excluding hydrogens is 634 g/mol. The Morgan fingerprint density at radius 1 is 0.490 bits per heavy atom. The first-order valence-corrected chi connectivity index (χ1v) is 19.8. The lowest BCUT2D eigenvalue weighted by molar-refractivity contribution is 0.00682. The molecule has 0 fully saturated rings. The lowest BCUT2D eigenvalue weighted by Gasteiger charge is -2.27. The predicted molar refractivity (Wildman–Crippen MR) is 210 cm³/mol. The Morgan fingerprint density at radius 2 is 0.918 bits per heavy atom. The maximum Gasteiger partial charge on any atom is 0.338 e. The van der Waals surface area contributed by atoms with E-state index in [1.165, 1.54) is 48.5 Å². The molecule has 4 aliphatic carbocycles. The van der Waals surface area contributed by atoms with E-state index in [-0.39, 0.29) is 5.97 Å². The molecule has 0 spiro atoms. The number of hydrogen-bond donors (Lipinski definition) is 0. The highest BCUT2D eigenvalue weighted by Gasteiger charge is 2.27. The van der Waals surface area contributed by atoms with Gasteiger partial charge in [-0.1, -0.05) is 140 Å². The molecule has 0 heterocycles. The van der Waals surface area contributed by atoms with Crippen LogP contribution in [0.25, 0.3) is 0 Å². The third-order valence-corrected chi connectivity index (χ3v) is 14.0. The Morgan fingerprint density at radius 3 is 1.39 bits per heavy atom. The number of carbonyl (C=O) groups is 1. The van der Waals surface area contributed by atoms with Gasteiger partial charge < -0.3 is 4.74 Å². The van der Waals surface area contributed by atoms with Crippen molar-refractivity contribution >= 4 is 53.6 Å². The fourth-order valence-electron chi connectivity index (χ4n) is 6.71. The molecule has 0 aliphatic heterocycles. The van der Waals surface area contributed by atoms with Crippen molar-refractivity contribution in [1.29, 1.82) is 0 Å². The van der Waals surface area contributed by atoms with Crippen molar-refractivity contribution in [2.45, 2.75) is 52.1 Å². The van der Waals surface area contributed by atoms with E-state index in [4.69, 9.17) is 4.74 Å². The lowest BCUT2D eigenvalue weighted by Crippen LogP contribution is -2.29. The van der Waals surface area contributed by atoms with Crippen LogP contribution in [0, 0.1) is 0 Å². The maximum absolute atomic E-state index is 14.0. The number of ether oxygens (including phenoxy) is 1. The summed E-state index contributed by atoms with van der Waals surface area (Å²) < 4.78 is 6.06. The molecule has 4 heteroatoms. The Hall–Kier alpha value is -4.35. The third kappa shape index (κ3) is 7.63. The molecule has 0 amide bonds. The highest BCUT2D eigenvalue weighted by Crippen LogP contribution is 2.38. The second-order valence-electron chi connectivity index (χ2n) is 13.6. The highest BCUT2D eigenvalue weighted by molar-refractivity contribution is 7.80. The van der Waals surface area contributed by atoms with Gasteiger partial charge in [-0.25, -0.2) is 4.79 Å². The van der Waals surface area contributed by atoms with Gasteiger partial charge in [-0.2, -0.15) is 0 Å². The largest absolute Gasteiger partial charge is 0.456 e. The summed E-state index contributed by atoms with van der Waals surface area (Å²) in [5, 5.41) is 8.08. The smallest absolute Gasteiger partial charge is 0.338 e. The lowest BCUT2D eigenvalue weighted by atomic mass is 9.93. The zero-order valence-electron chi connectivity index (χ0n) is 28.5. The summed E-state index contributed by atoms with van der Waals surface area (Å²) in [6, 6.07) is 55.4. The minimum atomic E-state index is -0.840. The quantitative estimate of drug-likeness (QED) is 0.126. The number of carbonyl (C=O) groups excluding carboxylic acids is 1. The monoisotopic (exact) mass is 676 g/mol. The van der Waals surface area contributed by atoms with Crippen LogP contribution in [0.5, 0.6) is 0 Å². The van der Waals surface area contributed by atoms with Crippen LogP contribution in [0.1, 0.15) is 53.4 Å². The minimum Gasteiger partial charge on any atom is -0.456 e. The molecule has 0 saturated carbocycles. The van der Waals surface area contributed by atoms with Crippen LogP contribution in [0.3, 0.4) is 0 Å². The van der Waals surface area contributed by atoms with Gasteiger partial charge in [-0.15, -0.1) is 0 Å². The summed E-state index contributed by atoms with van der Waals surface area (Å²) in [5.74, 6) is -0.235. The molecule has 49 heavy (non-hydrogen) atoms. The number of esters is 1. The molecule has 0 radical (unpaired) electrons. The van der Waals surface area contributed by atoms with Crippen LogP contribution in [0.2, 0.25) is 0 Å². The van der Waals surface area contributed by atoms with E-state index < -0.39 is 21.4 Å². The zero-order chi connectivity index (χ0) is 33.8. The van der Waals surface area contributed by atoms with Crippen LogP contribution in [-0.4, -0.2) is 11.6 Å².